The summed E-state index contributed by atoms with van der Waals surface area (Å²) < 4.78 is 2.19. The maximum Gasteiger partial charge on any atom is 0.191 e. The summed E-state index contributed by atoms with van der Waals surface area (Å²) in [7, 11) is 1.83. The molecule has 0 unspecified atom stereocenters. The predicted octanol–water partition coefficient (Wildman–Crippen LogP) is 3.24. The molecule has 0 saturated carbocycles. The summed E-state index contributed by atoms with van der Waals surface area (Å²) >= 11 is 0. The number of hydrogen-bond acceptors (Lipinski definition) is 3. The molecule has 6 heteroatoms. The van der Waals surface area contributed by atoms with E-state index in [0.717, 1.165) is 37.7 Å². The largest absolute Gasteiger partial charge is 0.355 e. The summed E-state index contributed by atoms with van der Waals surface area (Å²) in [6, 6.07) is 17.0. The molecule has 0 bridgehead atoms. The van der Waals surface area contributed by atoms with Gasteiger partial charge in [-0.2, -0.15) is 0 Å². The minimum absolute atomic E-state index is 0.762. The minimum Gasteiger partial charge on any atom is -0.355 e. The first kappa shape index (κ1) is 20.4. The van der Waals surface area contributed by atoms with Crippen molar-refractivity contribution >= 4 is 17.0 Å². The molecule has 0 aliphatic carbocycles. The summed E-state index contributed by atoms with van der Waals surface area (Å²) in [5.41, 5.74) is 4.72. The van der Waals surface area contributed by atoms with Gasteiger partial charge in [-0.05, 0) is 49.2 Å². The second-order valence-corrected chi connectivity index (χ2v) is 7.93. The second-order valence-electron chi connectivity index (χ2n) is 7.93. The lowest BCUT2D eigenvalue weighted by Crippen LogP contribution is -2.42. The summed E-state index contributed by atoms with van der Waals surface area (Å²) in [6.07, 6.45) is 5.96. The van der Waals surface area contributed by atoms with Crippen molar-refractivity contribution in [2.24, 2.45) is 4.99 Å². The van der Waals surface area contributed by atoms with E-state index in [4.69, 9.17) is 0 Å². The van der Waals surface area contributed by atoms with Gasteiger partial charge in [-0.3, -0.25) is 4.99 Å². The van der Waals surface area contributed by atoms with E-state index >= 15 is 0 Å². The molecule has 3 aromatic rings. The first-order valence-electron chi connectivity index (χ1n) is 11.0. The fraction of sp³-hybridized carbons (Fsp3) is 0.417. The molecule has 0 atom stereocenters. The van der Waals surface area contributed by atoms with Crippen LogP contribution in [0.15, 0.2) is 59.9 Å². The Balaban J connectivity index is 1.24. The quantitative estimate of drug-likeness (QED) is 0.469. The summed E-state index contributed by atoms with van der Waals surface area (Å²) in [6.45, 7) is 6.06. The number of fused-ring (bicyclic) bond motifs is 1. The number of nitrogens with zero attached hydrogens (tertiary/aromatic N) is 4. The first-order chi connectivity index (χ1) is 14.8. The van der Waals surface area contributed by atoms with Crippen LogP contribution in [-0.2, 0) is 13.1 Å². The van der Waals surface area contributed by atoms with Gasteiger partial charge in [0.05, 0.1) is 17.4 Å². The van der Waals surface area contributed by atoms with Crippen LogP contribution < -0.4 is 10.6 Å². The Hall–Kier alpha value is -2.86. The van der Waals surface area contributed by atoms with Gasteiger partial charge in [0.2, 0.25) is 0 Å². The van der Waals surface area contributed by atoms with E-state index in [2.05, 4.69) is 66.5 Å². The standard InChI is InChI=1S/C24H32N6/c1-25-24(26-13-16-29-14-5-2-6-15-29)27-17-20-9-11-21(12-10-20)18-30-19-28-22-7-3-4-8-23(22)30/h3-4,7-12,19H,2,5-6,13-18H2,1H3,(H2,25,26,27). The molecule has 1 fully saturated rings. The average molecular weight is 405 g/mol. The van der Waals surface area contributed by atoms with Gasteiger partial charge in [-0.15, -0.1) is 0 Å². The highest BCUT2D eigenvalue weighted by Crippen LogP contribution is 2.14. The van der Waals surface area contributed by atoms with Gasteiger partial charge in [0.1, 0.15) is 0 Å². The SMILES string of the molecule is CN=C(NCCN1CCCCC1)NCc1ccc(Cn2cnc3ccccc32)cc1. The van der Waals surface area contributed by atoms with Crippen molar-refractivity contribution in [3.63, 3.8) is 0 Å². The Labute approximate surface area is 179 Å². The minimum atomic E-state index is 0.762. The van der Waals surface area contributed by atoms with E-state index in [1.807, 2.05) is 25.5 Å². The molecule has 6 nitrogen and oxygen atoms in total. The number of likely N-dealkylation sites (tertiary alicyclic amines) is 1. The summed E-state index contributed by atoms with van der Waals surface area (Å²) in [5, 5.41) is 6.85. The van der Waals surface area contributed by atoms with Crippen LogP contribution >= 0.6 is 0 Å². The van der Waals surface area contributed by atoms with Crippen LogP contribution in [0.1, 0.15) is 30.4 Å². The van der Waals surface area contributed by atoms with E-state index in [9.17, 15) is 0 Å². The molecular formula is C24H32N6. The molecule has 30 heavy (non-hydrogen) atoms. The van der Waals surface area contributed by atoms with E-state index in [1.165, 1.54) is 49.0 Å². The fourth-order valence-corrected chi connectivity index (χ4v) is 4.02. The molecule has 158 valence electrons. The third-order valence-electron chi connectivity index (χ3n) is 5.76. The van der Waals surface area contributed by atoms with Crippen molar-refractivity contribution in [3.8, 4) is 0 Å². The van der Waals surface area contributed by atoms with E-state index in [-0.39, 0.29) is 0 Å². The van der Waals surface area contributed by atoms with Gasteiger partial charge in [-0.1, -0.05) is 42.8 Å². The third kappa shape index (κ3) is 5.39. The monoisotopic (exact) mass is 404 g/mol. The molecule has 0 spiro atoms. The normalized spacial score (nSPS) is 15.4. The van der Waals surface area contributed by atoms with Crippen molar-refractivity contribution in [3.05, 3.63) is 66.0 Å². The highest BCUT2D eigenvalue weighted by atomic mass is 15.2. The number of para-hydroxylation sites is 2. The number of aromatic nitrogens is 2. The molecule has 2 heterocycles. The summed E-state index contributed by atoms with van der Waals surface area (Å²) in [4.78, 5) is 11.4. The van der Waals surface area contributed by atoms with Gasteiger partial charge in [-0.25, -0.2) is 4.98 Å². The number of guanidine groups is 1. The Morgan fingerprint density at radius 3 is 2.53 bits per heavy atom. The Morgan fingerprint density at radius 1 is 0.967 bits per heavy atom. The molecule has 1 aliphatic rings. The van der Waals surface area contributed by atoms with Crippen LogP contribution in [0.25, 0.3) is 11.0 Å². The van der Waals surface area contributed by atoms with E-state index in [0.29, 0.717) is 0 Å². The number of rotatable bonds is 7. The van der Waals surface area contributed by atoms with Crippen molar-refractivity contribution in [2.75, 3.05) is 33.2 Å². The Bertz CT molecular complexity index is 953. The molecular weight excluding hydrogens is 372 g/mol. The number of benzene rings is 2. The fourth-order valence-electron chi connectivity index (χ4n) is 4.02. The topological polar surface area (TPSA) is 57.5 Å². The molecule has 1 aromatic heterocycles. The number of imidazole rings is 1. The predicted molar refractivity (Wildman–Crippen MR) is 124 cm³/mol. The Morgan fingerprint density at radius 2 is 1.73 bits per heavy atom. The number of nitrogens with one attached hydrogen (secondary N) is 2. The number of aliphatic imine (C=N–C) groups is 1. The van der Waals surface area contributed by atoms with Crippen molar-refractivity contribution in [1.29, 1.82) is 0 Å². The zero-order chi connectivity index (χ0) is 20.6. The molecule has 2 aromatic carbocycles. The maximum atomic E-state index is 4.47. The van der Waals surface area contributed by atoms with Crippen LogP contribution in [0.3, 0.4) is 0 Å². The molecule has 4 rings (SSSR count). The third-order valence-corrected chi connectivity index (χ3v) is 5.76. The van der Waals surface area contributed by atoms with Crippen LogP contribution in [0.4, 0.5) is 0 Å². The van der Waals surface area contributed by atoms with E-state index < -0.39 is 0 Å². The van der Waals surface area contributed by atoms with Crippen LogP contribution in [0.5, 0.6) is 0 Å². The zero-order valence-electron chi connectivity index (χ0n) is 17.8. The van der Waals surface area contributed by atoms with Crippen LogP contribution in [0, 0.1) is 0 Å². The number of piperidine rings is 1. The molecule has 1 saturated heterocycles. The molecule has 1 aliphatic heterocycles. The summed E-state index contributed by atoms with van der Waals surface area (Å²) in [5.74, 6) is 0.862. The lowest BCUT2D eigenvalue weighted by Gasteiger charge is -2.26. The van der Waals surface area contributed by atoms with Gasteiger partial charge >= 0.3 is 0 Å². The van der Waals surface area contributed by atoms with Crippen molar-refractivity contribution in [1.82, 2.24) is 25.1 Å². The smallest absolute Gasteiger partial charge is 0.191 e. The highest BCUT2D eigenvalue weighted by Gasteiger charge is 2.09. The zero-order valence-corrected chi connectivity index (χ0v) is 17.8. The number of hydrogen-bond donors (Lipinski definition) is 2. The van der Waals surface area contributed by atoms with Gasteiger partial charge in [0.25, 0.3) is 0 Å². The molecule has 0 amide bonds. The Kier molecular flexibility index (Phi) is 6.98. The molecule has 2 N–H and O–H groups in total. The van der Waals surface area contributed by atoms with Crippen molar-refractivity contribution < 1.29 is 0 Å². The first-order valence-corrected chi connectivity index (χ1v) is 11.0. The maximum absolute atomic E-state index is 4.47. The average Bonchev–Trinajstić information content (AvgIpc) is 3.20. The van der Waals surface area contributed by atoms with Crippen molar-refractivity contribution in [2.45, 2.75) is 32.4 Å². The van der Waals surface area contributed by atoms with Crippen LogP contribution in [0.2, 0.25) is 0 Å². The lowest BCUT2D eigenvalue weighted by atomic mass is 10.1. The van der Waals surface area contributed by atoms with Crippen LogP contribution in [-0.4, -0.2) is 53.6 Å². The van der Waals surface area contributed by atoms with E-state index in [1.54, 1.807) is 0 Å². The highest BCUT2D eigenvalue weighted by molar-refractivity contribution is 5.79. The molecule has 0 radical (unpaired) electrons. The van der Waals surface area contributed by atoms with Gasteiger partial charge in [0.15, 0.2) is 5.96 Å². The van der Waals surface area contributed by atoms with Gasteiger partial charge < -0.3 is 20.1 Å². The second kappa shape index (κ2) is 10.3. The lowest BCUT2D eigenvalue weighted by molar-refractivity contribution is 0.232. The van der Waals surface area contributed by atoms with Gasteiger partial charge in [0, 0.05) is 33.2 Å².